The van der Waals surface area contributed by atoms with Crippen molar-refractivity contribution in [2.75, 3.05) is 0 Å². The van der Waals surface area contributed by atoms with Crippen molar-refractivity contribution in [3.63, 3.8) is 0 Å². The first-order valence-electron chi connectivity index (χ1n) is 37.0. The van der Waals surface area contributed by atoms with E-state index in [2.05, 4.69) is 31.3 Å². The topological polar surface area (TPSA) is 46.5 Å². The third-order valence-corrected chi connectivity index (χ3v) is 21.3. The summed E-state index contributed by atoms with van der Waals surface area (Å²) in [6, 6.07) is 50.6. The molecular weight excluding hydrogens is 1760 g/mol. The van der Waals surface area contributed by atoms with E-state index in [1.54, 1.807) is 0 Å². The molecule has 12 aromatic carbocycles. The number of fused-ring (bicyclic) bond motifs is 8. The van der Waals surface area contributed by atoms with E-state index in [4.69, 9.17) is 9.97 Å². The molecule has 594 valence electrons. The molecular formula is C100H54F16N4Pt+2. The molecule has 0 saturated heterocycles. The molecule has 0 aliphatic carbocycles. The fourth-order valence-electron chi connectivity index (χ4n) is 15.6. The van der Waals surface area contributed by atoms with Crippen molar-refractivity contribution in [3.05, 3.63) is 401 Å². The van der Waals surface area contributed by atoms with Gasteiger partial charge in [-0.2, -0.15) is 0 Å². The van der Waals surface area contributed by atoms with Crippen molar-refractivity contribution in [3.8, 4) is 117 Å². The largest absolute Gasteiger partial charge is 2.00 e. The number of rotatable bonds is 16. The van der Waals surface area contributed by atoms with Crippen LogP contribution in [0.3, 0.4) is 0 Å². The normalized spacial score (nSPS) is 11.7. The molecule has 0 saturated carbocycles. The van der Waals surface area contributed by atoms with E-state index < -0.39 is 233 Å². The Morgan fingerprint density at radius 3 is 0.818 bits per heavy atom. The first-order valence-corrected chi connectivity index (χ1v) is 37.0. The minimum absolute atomic E-state index is 0. The standard InChI is InChI=1S/C100H54F16N4.Pt/c1-5-50-29-37-57(38-30-50)70-82(101)90(109)77(91(110)83(70)102)74-63-45-46-65(117-63)75(78-92(111)84(103)71(85(104)93(78)112)58-39-31-51(6-2)32-40-58)67-49-62(54-21-13-9-14-22-54)98(119-67)81(80-96(115)88(107)73(89(108)97(80)116)60-43-35-53(8-4)36-44-60)100-69(56-25-17-11-18-26-56)68(55-23-15-10-16-24-55)99(120(100)61-27-19-12-20-28-61)76(66-48-47-64(74)118-66)79-94(113)86(105)72(87(106)95(79)114)59-41-33-52(7-3)34-42-59;/h5-49,117H,1-4H2;/q;+2. The molecule has 121 heavy (non-hydrogen) atoms. The molecule has 3 aromatic heterocycles. The van der Waals surface area contributed by atoms with Gasteiger partial charge in [0.25, 0.3) is 0 Å². The summed E-state index contributed by atoms with van der Waals surface area (Å²) in [6.07, 6.45) is 8.36. The Labute approximate surface area is 694 Å². The summed E-state index contributed by atoms with van der Waals surface area (Å²) < 4.78 is 296. The second-order valence-corrected chi connectivity index (χ2v) is 27.9. The van der Waals surface area contributed by atoms with Crippen molar-refractivity contribution >= 4 is 70.2 Å². The van der Waals surface area contributed by atoms with Crippen molar-refractivity contribution < 1.29 is 91.3 Å². The number of para-hydroxylation sites is 1. The van der Waals surface area contributed by atoms with Gasteiger partial charge in [0.2, 0.25) is 0 Å². The molecule has 4 nitrogen and oxygen atoms in total. The van der Waals surface area contributed by atoms with Crippen molar-refractivity contribution in [1.82, 2.24) is 19.5 Å². The molecule has 1 N–H and O–H groups in total. The average molecular weight is 1810 g/mol. The van der Waals surface area contributed by atoms with Crippen LogP contribution in [0.15, 0.2) is 257 Å². The van der Waals surface area contributed by atoms with E-state index in [1.807, 2.05) is 0 Å². The molecule has 0 atom stereocenters. The summed E-state index contributed by atoms with van der Waals surface area (Å²) in [5.41, 5.74) is -23.6. The number of aromatic amines is 1. The van der Waals surface area contributed by atoms with Crippen LogP contribution in [-0.2, 0) is 21.1 Å². The predicted octanol–water partition coefficient (Wildman–Crippen LogP) is 29.0. The van der Waals surface area contributed by atoms with Gasteiger partial charge in [-0.15, -0.1) is 0 Å². The van der Waals surface area contributed by atoms with E-state index in [0.717, 1.165) is 83.5 Å². The molecule has 17 rings (SSSR count). The van der Waals surface area contributed by atoms with Crippen LogP contribution in [0.5, 0.6) is 0 Å². The Morgan fingerprint density at radius 1 is 0.240 bits per heavy atom. The number of halogens is 16. The first-order chi connectivity index (χ1) is 58.1. The molecule has 0 spiro atoms. The molecule has 0 amide bonds. The SMILES string of the molecule is C=Cc1ccc(-c2c(F)c(F)c(-c3c4nc(c(-c5c(F)c(F)c(-c6ccc(C=C)cc6)c(F)c5F)c5c(-c6ccccc6)c(-c6ccccc6)c(c(-c6c(F)c(F)c(-c7ccc(C=C)cc7)c(F)c6F)c6nc(c(-c7c(F)c(F)c(-c8ccc(C=C)cc8)c(F)c7F)c7ccc3[nH]7)C=C6c3ccccc3)n5-c3ccccc3)C=C4)c(F)c2F)cc1.[Pt+2]. The minimum atomic E-state index is -2.18. The van der Waals surface area contributed by atoms with Gasteiger partial charge in [0.15, 0.2) is 93.1 Å². The zero-order valence-corrected chi connectivity index (χ0v) is 64.8. The van der Waals surface area contributed by atoms with Gasteiger partial charge in [-0.1, -0.05) is 257 Å². The summed E-state index contributed by atoms with van der Waals surface area (Å²) in [6.45, 7) is 14.8. The number of nitrogens with one attached hydrogen (secondary N) is 1. The molecule has 0 unspecified atom stereocenters. The third-order valence-electron chi connectivity index (χ3n) is 21.3. The van der Waals surface area contributed by atoms with E-state index in [1.165, 1.54) is 194 Å². The van der Waals surface area contributed by atoms with Crippen LogP contribution >= 0.6 is 0 Å². The Hall–Kier alpha value is -14.2. The number of nitrogens with zero attached hydrogens (tertiary/aromatic N) is 3. The first kappa shape index (κ1) is 80.6. The van der Waals surface area contributed by atoms with Gasteiger partial charge in [0.05, 0.1) is 78.3 Å². The third kappa shape index (κ3) is 13.4. The van der Waals surface area contributed by atoms with Gasteiger partial charge in [0, 0.05) is 55.7 Å². The maximum absolute atomic E-state index is 19.4. The monoisotopic (exact) mass is 1810 g/mol. The smallest absolute Gasteiger partial charge is 0.354 e. The summed E-state index contributed by atoms with van der Waals surface area (Å²) in [5, 5.41) is 0. The summed E-state index contributed by atoms with van der Waals surface area (Å²) >= 11 is 0. The van der Waals surface area contributed by atoms with Crippen LogP contribution in [0.2, 0.25) is 0 Å². The minimum Gasteiger partial charge on any atom is -0.354 e. The number of hydrogen-bond acceptors (Lipinski definition) is 2. The van der Waals surface area contributed by atoms with Gasteiger partial charge >= 0.3 is 21.1 Å². The number of benzene rings is 12. The summed E-state index contributed by atoms with van der Waals surface area (Å²) in [7, 11) is 0. The molecule has 0 radical (unpaired) electrons. The van der Waals surface area contributed by atoms with Crippen molar-refractivity contribution in [2.45, 2.75) is 0 Å². The number of H-pyrrole nitrogens is 1. The predicted molar refractivity (Wildman–Crippen MR) is 442 cm³/mol. The van der Waals surface area contributed by atoms with Crippen molar-refractivity contribution in [2.24, 2.45) is 0 Å². The van der Waals surface area contributed by atoms with Gasteiger partial charge in [0.1, 0.15) is 0 Å². The molecule has 5 heterocycles. The molecule has 0 fully saturated rings. The second-order valence-electron chi connectivity index (χ2n) is 27.9. The zero-order chi connectivity index (χ0) is 84.0. The summed E-state index contributed by atoms with van der Waals surface area (Å²) in [4.78, 5) is 12.7. The molecule has 15 aromatic rings. The van der Waals surface area contributed by atoms with Gasteiger partial charge in [-0.25, -0.2) is 80.2 Å². The van der Waals surface area contributed by atoms with Crippen LogP contribution in [0.1, 0.15) is 50.6 Å². The molecule has 8 bridgehead atoms. The fraction of sp³-hybridized carbons (Fsp3) is 0. The van der Waals surface area contributed by atoms with Gasteiger partial charge < -0.3 is 9.55 Å². The molecule has 2 aliphatic heterocycles. The quantitative estimate of drug-likeness (QED) is 0.0774. The van der Waals surface area contributed by atoms with Crippen LogP contribution < -0.4 is 0 Å². The fourth-order valence-corrected chi connectivity index (χ4v) is 15.6. The van der Waals surface area contributed by atoms with Gasteiger partial charge in [-0.05, 0) is 104 Å². The van der Waals surface area contributed by atoms with E-state index >= 15 is 70.2 Å². The van der Waals surface area contributed by atoms with Gasteiger partial charge in [-0.3, -0.25) is 0 Å². The second kappa shape index (κ2) is 32.2. The maximum atomic E-state index is 19.4. The van der Waals surface area contributed by atoms with E-state index in [0.29, 0.717) is 22.3 Å². The maximum Gasteiger partial charge on any atom is 2.00 e. The summed E-state index contributed by atoms with van der Waals surface area (Å²) in [5.74, 6) is -33.7. The zero-order valence-electron chi connectivity index (χ0n) is 62.5. The Kier molecular flexibility index (Phi) is 21.5. The van der Waals surface area contributed by atoms with Crippen LogP contribution in [0.25, 0.3) is 187 Å². The number of aromatic nitrogens is 4. The van der Waals surface area contributed by atoms with Crippen LogP contribution in [0.4, 0.5) is 70.2 Å². The number of hydrogen-bond donors (Lipinski definition) is 1. The van der Waals surface area contributed by atoms with Crippen molar-refractivity contribution in [1.29, 1.82) is 0 Å². The Bertz CT molecular complexity index is 6990. The van der Waals surface area contributed by atoms with E-state index in [-0.39, 0.29) is 54.6 Å². The molecule has 2 aliphatic rings. The Balaban J connectivity index is 0.0000109. The van der Waals surface area contributed by atoms with Crippen LogP contribution in [0, 0.1) is 93.1 Å². The molecule has 21 heteroatoms. The van der Waals surface area contributed by atoms with E-state index in [9.17, 15) is 0 Å². The Morgan fingerprint density at radius 2 is 0.496 bits per heavy atom. The van der Waals surface area contributed by atoms with Crippen LogP contribution in [-0.4, -0.2) is 19.5 Å². The average Bonchev–Trinajstić information content (AvgIpc) is 1.54.